The Morgan fingerprint density at radius 2 is 0.848 bits per heavy atom. The number of nitrogens with zero attached hydrogens (tertiary/aromatic N) is 5. The lowest BCUT2D eigenvalue weighted by molar-refractivity contribution is 0.0483. The Morgan fingerprint density at radius 1 is 0.511 bits per heavy atom. The first kappa shape index (κ1) is 77.5. The van der Waals surface area contributed by atoms with Crippen LogP contribution < -0.4 is 56.9 Å². The number of unbranched alkanes of at least 4 members (excludes halogenated alkanes) is 6. The number of aldehydes is 1. The zero-order valence-electron chi connectivity index (χ0n) is 55.6. The predicted octanol–water partition coefficient (Wildman–Crippen LogP) is 13.2. The molecule has 0 fully saturated rings. The molecule has 0 amide bonds. The van der Waals surface area contributed by atoms with Gasteiger partial charge in [-0.1, -0.05) is 77.2 Å². The number of nitriles is 2. The number of methoxy groups -OCH3 is 1. The Balaban J connectivity index is 0.000000208. The van der Waals surface area contributed by atoms with Crippen LogP contribution in [0.2, 0.25) is 39.3 Å². The Kier molecular flexibility index (Phi) is 31.5. The Labute approximate surface area is 595 Å². The Morgan fingerprint density at radius 3 is 1.21 bits per heavy atom. The lowest BCUT2D eigenvalue weighted by atomic mass is 10.2. The molecule has 9 heterocycles. The van der Waals surface area contributed by atoms with Crippen molar-refractivity contribution in [1.29, 1.82) is 10.5 Å². The quantitative estimate of drug-likeness (QED) is 0.00805. The van der Waals surface area contributed by atoms with Gasteiger partial charge in [-0.3, -0.25) is 4.79 Å². The number of hydrogen-bond donors (Lipinski definition) is 2. The van der Waals surface area contributed by atoms with Gasteiger partial charge in [-0.05, 0) is 118 Å². The zero-order chi connectivity index (χ0) is 67.3. The van der Waals surface area contributed by atoms with Gasteiger partial charge in [-0.15, -0.1) is 91.2 Å². The lowest BCUT2D eigenvalue weighted by Gasteiger charge is -2.16. The average molecular weight is 1490 g/mol. The summed E-state index contributed by atoms with van der Waals surface area (Å²) in [5.74, 6) is 1.51. The van der Waals surface area contributed by atoms with E-state index >= 15 is 0 Å². The highest BCUT2D eigenvalue weighted by Gasteiger charge is 2.44. The maximum atomic E-state index is 11.0. The molecule has 92 heavy (non-hydrogen) atoms. The molecule has 0 unspecified atom stereocenters. The summed E-state index contributed by atoms with van der Waals surface area (Å²) in [4.78, 5) is 29.3. The molecule has 6 aromatic rings. The third-order valence-corrected chi connectivity index (χ3v) is 36.3. The standard InChI is InChI=1S/C26H36ClN3O2S3Si.C17H18N2OS3Si.C13H15NOS2Si.C10H22ClNO2/c1-30(2)23-17-22-25(35-23)24-21(36(22,3)4)16-20(34-24)15-19(18-28)26(33)29-10-12-32-14-13-31-11-8-6-5-7-9-27;1-19(2)14-8-13-16(23-14)15-12(24(13,4)5)7-11(22-15)6-10(9-18)17(21)20-3;1-14(2)11-6-10-13(17-11)12-9(18(10,3)4)5-8(7-15)16-12;11-5-3-1-2-4-7-13-9-10-14-8-6-12/h15-17H,5-14H2,1-4H3,(H,29,33);6-8H,1-5H3;5-7H,1-4H3;1-10,12H2/b19-15+;10-6+;;. The number of fused-ring (bicyclic) bond motifs is 9. The average Bonchev–Trinajstić information content (AvgIpc) is 1.60. The second-order valence-electron chi connectivity index (χ2n) is 24.4. The topological polar surface area (TPSA) is 159 Å². The second-order valence-corrected chi connectivity index (χ2v) is 45.2. The van der Waals surface area contributed by atoms with E-state index < -0.39 is 24.2 Å². The molecule has 0 aromatic carbocycles. The number of anilines is 3. The van der Waals surface area contributed by atoms with Gasteiger partial charge < -0.3 is 49.4 Å². The molecule has 0 atom stereocenters. The minimum atomic E-state index is -1.72. The molecule has 500 valence electrons. The van der Waals surface area contributed by atoms with Crippen LogP contribution in [0.5, 0.6) is 0 Å². The maximum absolute atomic E-state index is 11.0. The van der Waals surface area contributed by atoms with Crippen LogP contribution in [0.15, 0.2) is 47.5 Å². The van der Waals surface area contributed by atoms with Crippen LogP contribution in [0.25, 0.3) is 41.4 Å². The van der Waals surface area contributed by atoms with Crippen LogP contribution in [0.3, 0.4) is 0 Å². The van der Waals surface area contributed by atoms with Gasteiger partial charge >= 0.3 is 0 Å². The van der Waals surface area contributed by atoms with E-state index in [9.17, 15) is 15.3 Å². The number of halogens is 2. The fourth-order valence-electron chi connectivity index (χ4n) is 10.5. The van der Waals surface area contributed by atoms with Crippen molar-refractivity contribution in [1.82, 2.24) is 5.32 Å². The van der Waals surface area contributed by atoms with E-state index in [4.69, 9.17) is 77.1 Å². The minimum absolute atomic E-state index is 0.245. The highest BCUT2D eigenvalue weighted by molar-refractivity contribution is 7.81. The van der Waals surface area contributed by atoms with Crippen LogP contribution in [0.1, 0.15) is 70.8 Å². The largest absolute Gasteiger partial charge is 0.486 e. The van der Waals surface area contributed by atoms with Gasteiger partial charge in [0.2, 0.25) is 5.05 Å². The van der Waals surface area contributed by atoms with Crippen molar-refractivity contribution in [3.05, 3.63) is 62.2 Å². The number of rotatable bonds is 31. The monoisotopic (exact) mass is 1490 g/mol. The first-order valence-electron chi connectivity index (χ1n) is 31.0. The number of thiocarbonyl (C=S) groups is 2. The van der Waals surface area contributed by atoms with Crippen molar-refractivity contribution in [3.8, 4) is 41.4 Å². The smallest absolute Gasteiger partial charge is 0.201 e. The van der Waals surface area contributed by atoms with Gasteiger partial charge in [0.05, 0.1) is 72.2 Å². The van der Waals surface area contributed by atoms with E-state index in [0.717, 1.165) is 84.4 Å². The lowest BCUT2D eigenvalue weighted by Crippen LogP contribution is -2.48. The van der Waals surface area contributed by atoms with E-state index in [1.54, 1.807) is 34.0 Å². The molecule has 6 aromatic heterocycles. The number of ether oxygens (including phenoxy) is 5. The summed E-state index contributed by atoms with van der Waals surface area (Å²) >= 11 is 32.6. The van der Waals surface area contributed by atoms with E-state index in [2.05, 4.69) is 150 Å². The highest BCUT2D eigenvalue weighted by atomic mass is 35.5. The van der Waals surface area contributed by atoms with Gasteiger partial charge in [-0.2, -0.15) is 10.5 Å². The molecule has 3 N–H and O–H groups in total. The fourth-order valence-corrected chi connectivity index (χ4v) is 32.3. The third kappa shape index (κ3) is 20.1. The molecule has 0 bridgehead atoms. The van der Waals surface area contributed by atoms with E-state index in [0.29, 0.717) is 68.9 Å². The number of hydrogen-bond acceptors (Lipinski definition) is 20. The van der Waals surface area contributed by atoms with Crippen molar-refractivity contribution >= 4 is 214 Å². The summed E-state index contributed by atoms with van der Waals surface area (Å²) in [7, 11) is 9.08. The van der Waals surface area contributed by atoms with Gasteiger partial charge in [0.1, 0.15) is 46.9 Å². The number of carbonyl (C=O) groups excluding carboxylic acids is 1. The van der Waals surface area contributed by atoms with E-state index in [-0.39, 0.29) is 5.05 Å². The van der Waals surface area contributed by atoms with Gasteiger partial charge in [-0.25, -0.2) is 0 Å². The first-order valence-corrected chi connectivity index (χ1v) is 46.8. The molecule has 0 spiro atoms. The van der Waals surface area contributed by atoms with Crippen LogP contribution >= 0.6 is 116 Å². The molecule has 0 saturated heterocycles. The molecule has 0 radical (unpaired) electrons. The molecule has 3 aliphatic heterocycles. The molecular weight excluding hydrogens is 1400 g/mol. The van der Waals surface area contributed by atoms with Crippen molar-refractivity contribution in [2.24, 2.45) is 5.73 Å². The molecule has 3 aliphatic rings. The predicted molar refractivity (Wildman–Crippen MR) is 420 cm³/mol. The summed E-state index contributed by atoms with van der Waals surface area (Å²) in [6, 6.07) is 18.1. The van der Waals surface area contributed by atoms with Crippen LogP contribution in [0.4, 0.5) is 15.0 Å². The normalized spacial score (nSPS) is 13.9. The second kappa shape index (κ2) is 37.3. The number of thiophene rings is 6. The Bertz CT molecular complexity index is 3560. The van der Waals surface area contributed by atoms with Crippen molar-refractivity contribution in [3.63, 3.8) is 0 Å². The Hall–Kier alpha value is -3.46. The summed E-state index contributed by atoms with van der Waals surface area (Å²) < 4.78 is 26.8. The van der Waals surface area contributed by atoms with Gasteiger partial charge in [0.15, 0.2) is 6.29 Å². The first-order chi connectivity index (χ1) is 43.9. The number of nitrogens with one attached hydrogen (secondary N) is 1. The summed E-state index contributed by atoms with van der Waals surface area (Å²) in [5.41, 5.74) is 6.16. The van der Waals surface area contributed by atoms with Gasteiger partial charge in [0, 0.05) is 119 Å². The molecular formula is C66H91Cl2N7O6S8Si3. The molecule has 0 saturated carbocycles. The van der Waals surface area contributed by atoms with E-state index in [1.807, 2.05) is 46.2 Å². The molecule has 0 aliphatic carbocycles. The number of carbonyl (C=O) groups is 1. The SMILES string of the molecule is CN(C)c1cc2c(s1)-c1sc(/C=C(\C#N)C(=S)NCCOCCOCCCCCCCl)cc1[Si]2(C)C.CN(C)c1cc2c(s1)-c1sc(C=O)cc1[Si]2(C)C.COC(=S)/C(C#N)=C/c1cc2c(s1)-c1sc(N(C)C)cc1[Si]2(C)C.NCCOCCOCCCCCCCl. The number of nitrogens with two attached hydrogens (primary N) is 1. The minimum Gasteiger partial charge on any atom is -0.486 e. The van der Waals surface area contributed by atoms with Crippen molar-refractivity contribution in [2.75, 3.05) is 142 Å². The highest BCUT2D eigenvalue weighted by Crippen LogP contribution is 2.44. The van der Waals surface area contributed by atoms with E-state index in [1.165, 1.54) is 95.3 Å². The molecule has 9 rings (SSSR count). The summed E-state index contributed by atoms with van der Waals surface area (Å²) in [6.45, 7) is 20.7. The zero-order valence-corrected chi connectivity index (χ0v) is 66.7. The van der Waals surface area contributed by atoms with Gasteiger partial charge in [0.25, 0.3) is 0 Å². The van der Waals surface area contributed by atoms with Crippen molar-refractivity contribution in [2.45, 2.75) is 90.6 Å². The van der Waals surface area contributed by atoms with Crippen molar-refractivity contribution < 1.29 is 28.5 Å². The molecule has 26 heteroatoms. The molecule has 13 nitrogen and oxygen atoms in total. The summed E-state index contributed by atoms with van der Waals surface area (Å²) in [6.07, 6.45) is 13.8. The summed E-state index contributed by atoms with van der Waals surface area (Å²) in [5, 5.41) is 35.3. The fraction of sp³-hybridized carbons (Fsp3) is 0.500. The maximum Gasteiger partial charge on any atom is 0.201 e. The van der Waals surface area contributed by atoms with Crippen LogP contribution in [-0.4, -0.2) is 168 Å². The third-order valence-electron chi connectivity index (χ3n) is 15.9. The van der Waals surface area contributed by atoms with Crippen LogP contribution in [0, 0.1) is 22.7 Å². The van der Waals surface area contributed by atoms with Crippen LogP contribution in [-0.2, 0) is 23.7 Å². The number of alkyl halides is 2.